The SMILES string of the molecule is COC(COc1cccc(N(C)C(=S)Oc2ccc(C(C)(C)C)cc2)n1)CN(C)c1ccsc1. The van der Waals surface area contributed by atoms with Crippen molar-refractivity contribution in [2.45, 2.75) is 32.3 Å². The average molecular weight is 500 g/mol. The van der Waals surface area contributed by atoms with E-state index in [-0.39, 0.29) is 11.5 Å². The average Bonchev–Trinajstić information content (AvgIpc) is 3.36. The van der Waals surface area contributed by atoms with Crippen molar-refractivity contribution in [2.24, 2.45) is 0 Å². The minimum Gasteiger partial charge on any atom is -0.475 e. The summed E-state index contributed by atoms with van der Waals surface area (Å²) in [6.45, 7) is 7.63. The minimum absolute atomic E-state index is 0.0847. The molecule has 2 heterocycles. The van der Waals surface area contributed by atoms with Crippen molar-refractivity contribution >= 4 is 40.2 Å². The van der Waals surface area contributed by atoms with Gasteiger partial charge in [0.2, 0.25) is 5.88 Å². The number of nitrogens with zero attached hydrogens (tertiary/aromatic N) is 3. The fourth-order valence-corrected chi connectivity index (χ4v) is 4.10. The van der Waals surface area contributed by atoms with Gasteiger partial charge in [-0.3, -0.25) is 4.90 Å². The zero-order chi connectivity index (χ0) is 24.7. The van der Waals surface area contributed by atoms with E-state index >= 15 is 0 Å². The maximum Gasteiger partial charge on any atom is 0.270 e. The van der Waals surface area contributed by atoms with Gasteiger partial charge in [0, 0.05) is 44.9 Å². The van der Waals surface area contributed by atoms with E-state index in [9.17, 15) is 0 Å². The van der Waals surface area contributed by atoms with Crippen LogP contribution < -0.4 is 19.3 Å². The molecule has 0 saturated carbocycles. The molecule has 0 saturated heterocycles. The lowest BCUT2D eigenvalue weighted by atomic mass is 9.87. The molecule has 2 aromatic heterocycles. The quantitative estimate of drug-likeness (QED) is 0.346. The van der Waals surface area contributed by atoms with Crippen LogP contribution in [-0.2, 0) is 10.2 Å². The molecule has 0 amide bonds. The van der Waals surface area contributed by atoms with Crippen LogP contribution in [0, 0.1) is 0 Å². The van der Waals surface area contributed by atoms with E-state index in [0.717, 1.165) is 5.69 Å². The minimum atomic E-state index is -0.103. The van der Waals surface area contributed by atoms with Gasteiger partial charge in [0.05, 0.1) is 0 Å². The number of benzene rings is 1. The molecule has 0 aliphatic carbocycles. The second-order valence-electron chi connectivity index (χ2n) is 9.07. The normalized spacial score (nSPS) is 12.2. The number of rotatable bonds is 9. The zero-order valence-electron chi connectivity index (χ0n) is 20.6. The Morgan fingerprint density at radius 2 is 1.82 bits per heavy atom. The molecule has 0 aliphatic rings. The first kappa shape index (κ1) is 25.9. The molecule has 3 rings (SSSR count). The lowest BCUT2D eigenvalue weighted by Gasteiger charge is -2.24. The molecule has 1 aromatic carbocycles. The number of pyridine rings is 1. The van der Waals surface area contributed by atoms with Crippen LogP contribution >= 0.6 is 23.6 Å². The van der Waals surface area contributed by atoms with Crippen molar-refractivity contribution in [3.63, 3.8) is 0 Å². The molecule has 1 unspecified atom stereocenters. The fourth-order valence-electron chi connectivity index (χ4n) is 3.22. The first-order valence-corrected chi connectivity index (χ1v) is 12.4. The van der Waals surface area contributed by atoms with E-state index in [4.69, 9.17) is 26.4 Å². The van der Waals surface area contributed by atoms with Crippen LogP contribution in [0.25, 0.3) is 0 Å². The standard InChI is InChI=1S/C26H33N3O3S2/c1-26(2,3)19-10-12-21(13-11-19)32-25(33)29(5)23-8-7-9-24(27-23)31-17-22(30-6)16-28(4)20-14-15-34-18-20/h7-15,18,22H,16-17H2,1-6H3. The molecule has 0 spiro atoms. The summed E-state index contributed by atoms with van der Waals surface area (Å²) in [6, 6.07) is 15.7. The van der Waals surface area contributed by atoms with Gasteiger partial charge in [0.15, 0.2) is 0 Å². The molecule has 0 aliphatic heterocycles. The highest BCUT2D eigenvalue weighted by molar-refractivity contribution is 7.80. The summed E-state index contributed by atoms with van der Waals surface area (Å²) in [6.07, 6.45) is -0.103. The Morgan fingerprint density at radius 3 is 2.44 bits per heavy atom. The predicted molar refractivity (Wildman–Crippen MR) is 145 cm³/mol. The number of hydrogen-bond donors (Lipinski definition) is 0. The summed E-state index contributed by atoms with van der Waals surface area (Å²) < 4.78 is 17.4. The van der Waals surface area contributed by atoms with Gasteiger partial charge in [-0.1, -0.05) is 39.0 Å². The number of anilines is 2. The molecule has 0 fully saturated rings. The van der Waals surface area contributed by atoms with E-state index < -0.39 is 0 Å². The summed E-state index contributed by atoms with van der Waals surface area (Å²) in [4.78, 5) is 8.45. The number of methoxy groups -OCH3 is 1. The van der Waals surface area contributed by atoms with E-state index in [1.165, 1.54) is 5.56 Å². The molecular weight excluding hydrogens is 466 g/mol. The molecule has 182 valence electrons. The second kappa shape index (κ2) is 11.6. The highest BCUT2D eigenvalue weighted by atomic mass is 32.1. The number of likely N-dealkylation sites (N-methyl/N-ethyl adjacent to an activating group) is 1. The third kappa shape index (κ3) is 7.16. The molecular formula is C26H33N3O3S2. The van der Waals surface area contributed by atoms with Gasteiger partial charge in [-0.2, -0.15) is 16.3 Å². The Bertz CT molecular complexity index is 1050. The maximum atomic E-state index is 5.94. The summed E-state index contributed by atoms with van der Waals surface area (Å²) in [7, 11) is 5.56. The molecule has 0 bridgehead atoms. The van der Waals surface area contributed by atoms with Gasteiger partial charge in [0.1, 0.15) is 24.3 Å². The lowest BCUT2D eigenvalue weighted by Crippen LogP contribution is -2.34. The van der Waals surface area contributed by atoms with Crippen LogP contribution in [0.4, 0.5) is 11.5 Å². The van der Waals surface area contributed by atoms with Crippen LogP contribution in [-0.4, -0.2) is 50.6 Å². The molecule has 1 atom stereocenters. The third-order valence-corrected chi connectivity index (χ3v) is 6.45. The topological polar surface area (TPSA) is 47.1 Å². The lowest BCUT2D eigenvalue weighted by molar-refractivity contribution is 0.0620. The van der Waals surface area contributed by atoms with Gasteiger partial charge in [-0.25, -0.2) is 0 Å². The highest BCUT2D eigenvalue weighted by Crippen LogP contribution is 2.25. The largest absolute Gasteiger partial charge is 0.475 e. The van der Waals surface area contributed by atoms with Gasteiger partial charge < -0.3 is 19.1 Å². The Hall–Kier alpha value is -2.68. The zero-order valence-corrected chi connectivity index (χ0v) is 22.3. The van der Waals surface area contributed by atoms with Gasteiger partial charge in [0.25, 0.3) is 5.17 Å². The van der Waals surface area contributed by atoms with Crippen LogP contribution in [0.1, 0.15) is 26.3 Å². The number of aromatic nitrogens is 1. The van der Waals surface area contributed by atoms with Crippen LogP contribution in [0.15, 0.2) is 59.3 Å². The van der Waals surface area contributed by atoms with Gasteiger partial charge in [-0.15, -0.1) is 0 Å². The van der Waals surface area contributed by atoms with Gasteiger partial charge in [-0.05, 0) is 52.8 Å². The number of ether oxygens (including phenoxy) is 3. The molecule has 0 radical (unpaired) electrons. The Morgan fingerprint density at radius 1 is 1.09 bits per heavy atom. The summed E-state index contributed by atoms with van der Waals surface area (Å²) in [5.74, 6) is 1.83. The summed E-state index contributed by atoms with van der Waals surface area (Å²) in [5.41, 5.74) is 2.48. The van der Waals surface area contributed by atoms with E-state index in [2.05, 4.69) is 59.6 Å². The number of thiophene rings is 1. The van der Waals surface area contributed by atoms with E-state index in [1.807, 2.05) is 44.4 Å². The highest BCUT2D eigenvalue weighted by Gasteiger charge is 2.16. The first-order chi connectivity index (χ1) is 16.2. The van der Waals surface area contributed by atoms with Crippen molar-refractivity contribution in [3.8, 4) is 11.6 Å². The molecule has 8 heteroatoms. The first-order valence-electron chi connectivity index (χ1n) is 11.1. The summed E-state index contributed by atoms with van der Waals surface area (Å²) in [5, 5.41) is 4.48. The van der Waals surface area contributed by atoms with Crippen molar-refractivity contribution in [1.29, 1.82) is 0 Å². The predicted octanol–water partition coefficient (Wildman–Crippen LogP) is 5.77. The van der Waals surface area contributed by atoms with Crippen molar-refractivity contribution in [3.05, 3.63) is 64.9 Å². The van der Waals surface area contributed by atoms with Gasteiger partial charge >= 0.3 is 0 Å². The smallest absolute Gasteiger partial charge is 0.270 e. The maximum absolute atomic E-state index is 5.94. The molecule has 3 aromatic rings. The van der Waals surface area contributed by atoms with Crippen molar-refractivity contribution in [2.75, 3.05) is 44.2 Å². The third-order valence-electron chi connectivity index (χ3n) is 5.43. The second-order valence-corrected chi connectivity index (χ2v) is 10.2. The van der Waals surface area contributed by atoms with Crippen LogP contribution in [0.3, 0.4) is 0 Å². The fraction of sp³-hybridized carbons (Fsp3) is 0.385. The molecule has 0 N–H and O–H groups in total. The van der Waals surface area contributed by atoms with Crippen LogP contribution in [0.2, 0.25) is 0 Å². The van der Waals surface area contributed by atoms with E-state index in [0.29, 0.717) is 35.8 Å². The van der Waals surface area contributed by atoms with Crippen molar-refractivity contribution < 1.29 is 14.2 Å². The van der Waals surface area contributed by atoms with E-state index in [1.54, 1.807) is 23.3 Å². The Kier molecular flexibility index (Phi) is 8.88. The Labute approximate surface area is 212 Å². The molecule has 6 nitrogen and oxygen atoms in total. The van der Waals surface area contributed by atoms with Crippen molar-refractivity contribution in [1.82, 2.24) is 4.98 Å². The number of thiocarbonyl (C=S) groups is 1. The summed E-state index contributed by atoms with van der Waals surface area (Å²) >= 11 is 7.17. The monoisotopic (exact) mass is 499 g/mol. The molecule has 34 heavy (non-hydrogen) atoms. The Balaban J connectivity index is 1.57. The van der Waals surface area contributed by atoms with Crippen LogP contribution in [0.5, 0.6) is 11.6 Å². The number of hydrogen-bond acceptors (Lipinski definition) is 7.